The third-order valence-corrected chi connectivity index (χ3v) is 7.93. The Kier molecular flexibility index (Phi) is 6.24. The number of hydrogen-bond donors (Lipinski definition) is 1. The van der Waals surface area contributed by atoms with Gasteiger partial charge in [-0.05, 0) is 72.2 Å². The molecular weight excluding hydrogens is 426 g/mol. The topological polar surface area (TPSA) is 38.3 Å². The van der Waals surface area contributed by atoms with E-state index < -0.39 is 11.0 Å². The summed E-state index contributed by atoms with van der Waals surface area (Å²) < 4.78 is 22.6. The van der Waals surface area contributed by atoms with Crippen molar-refractivity contribution in [3.8, 4) is 0 Å². The molecule has 0 bridgehead atoms. The van der Waals surface area contributed by atoms with Gasteiger partial charge in [-0.3, -0.25) is 0 Å². The van der Waals surface area contributed by atoms with E-state index in [-0.39, 0.29) is 18.1 Å². The predicted octanol–water partition coefficient (Wildman–Crippen LogP) is 5.43. The molecule has 0 radical (unpaired) electrons. The maximum absolute atomic E-state index is 12.9. The van der Waals surface area contributed by atoms with Crippen LogP contribution in [0.4, 0.5) is 0 Å². The van der Waals surface area contributed by atoms with E-state index in [1.165, 1.54) is 22.3 Å². The Morgan fingerprint density at radius 1 is 0.871 bits per heavy atom. The van der Waals surface area contributed by atoms with Gasteiger partial charge in [0.15, 0.2) is 0 Å². The summed E-state index contributed by atoms with van der Waals surface area (Å²) in [4.78, 5) is 0.748. The molecule has 1 aliphatic heterocycles. The quantitative estimate of drug-likeness (QED) is 0.574. The lowest BCUT2D eigenvalue weighted by Crippen LogP contribution is -2.42. The van der Waals surface area contributed by atoms with E-state index in [1.807, 2.05) is 12.1 Å². The van der Waals surface area contributed by atoms with Crippen molar-refractivity contribution in [2.24, 2.45) is 0 Å². The van der Waals surface area contributed by atoms with Gasteiger partial charge in [-0.1, -0.05) is 60.1 Å². The molecule has 0 amide bonds. The molecule has 3 aromatic rings. The van der Waals surface area contributed by atoms with Crippen molar-refractivity contribution in [1.82, 2.24) is 4.72 Å². The zero-order chi connectivity index (χ0) is 21.2. The van der Waals surface area contributed by atoms with Gasteiger partial charge in [-0.25, -0.2) is 8.93 Å². The largest absolute Gasteiger partial charge is 0.377 e. The highest BCUT2D eigenvalue weighted by Gasteiger charge is 2.35. The number of fused-ring (bicyclic) bond motifs is 2. The van der Waals surface area contributed by atoms with Crippen LogP contribution in [-0.4, -0.2) is 23.0 Å². The maximum Gasteiger partial charge on any atom is 0.125 e. The van der Waals surface area contributed by atoms with E-state index in [0.29, 0.717) is 11.6 Å². The van der Waals surface area contributed by atoms with Crippen molar-refractivity contribution in [3.63, 3.8) is 0 Å². The summed E-state index contributed by atoms with van der Waals surface area (Å²) in [6, 6.07) is 24.9. The third kappa shape index (κ3) is 4.49. The van der Waals surface area contributed by atoms with E-state index in [9.17, 15) is 4.21 Å². The second-order valence-electron chi connectivity index (χ2n) is 8.35. The number of nitrogens with one attached hydrogen (secondary N) is 1. The Morgan fingerprint density at radius 2 is 1.48 bits per heavy atom. The van der Waals surface area contributed by atoms with Gasteiger partial charge in [0, 0.05) is 23.6 Å². The molecule has 1 fully saturated rings. The Bertz CT molecular complexity index is 1040. The first-order valence-corrected chi connectivity index (χ1v) is 12.4. The van der Waals surface area contributed by atoms with Crippen molar-refractivity contribution < 1.29 is 8.95 Å². The SMILES string of the molecule is O=S(NC1CCOC(C2c3ccccc3CCc3ccccc32)C1)c1ccc(Cl)cc1. The van der Waals surface area contributed by atoms with Gasteiger partial charge in [-0.15, -0.1) is 0 Å². The standard InChI is InChI=1S/C26H26ClNO2S/c27-20-11-13-22(14-12-20)31(29)28-21-15-16-30-25(17-21)26-23-7-3-1-5-18(23)9-10-19-6-2-4-8-24(19)26/h1-8,11-14,21,25-26,28H,9-10,15-17H2. The normalized spacial score (nSPS) is 22.2. The zero-order valence-electron chi connectivity index (χ0n) is 17.3. The maximum atomic E-state index is 12.9. The van der Waals surface area contributed by atoms with Crippen LogP contribution < -0.4 is 4.72 Å². The summed E-state index contributed by atoms with van der Waals surface area (Å²) in [6.45, 7) is 0.668. The minimum atomic E-state index is -1.27. The highest BCUT2D eigenvalue weighted by atomic mass is 35.5. The van der Waals surface area contributed by atoms with Crippen molar-refractivity contribution in [3.05, 3.63) is 100 Å². The Hall–Kier alpha value is -1.98. The summed E-state index contributed by atoms with van der Waals surface area (Å²) in [5.74, 6) is 0.198. The summed E-state index contributed by atoms with van der Waals surface area (Å²) in [5, 5.41) is 0.651. The molecule has 1 N–H and O–H groups in total. The second kappa shape index (κ2) is 9.25. The fraction of sp³-hybridized carbons (Fsp3) is 0.308. The van der Waals surface area contributed by atoms with E-state index in [1.54, 1.807) is 12.1 Å². The van der Waals surface area contributed by atoms with Gasteiger partial charge >= 0.3 is 0 Å². The lowest BCUT2D eigenvalue weighted by atomic mass is 9.80. The van der Waals surface area contributed by atoms with Crippen LogP contribution in [0.25, 0.3) is 0 Å². The second-order valence-corrected chi connectivity index (χ2v) is 10.0. The molecule has 5 rings (SSSR count). The highest BCUT2D eigenvalue weighted by molar-refractivity contribution is 7.83. The number of halogens is 1. The fourth-order valence-corrected chi connectivity index (χ4v) is 6.08. The monoisotopic (exact) mass is 451 g/mol. The molecule has 2 aliphatic rings. The number of rotatable bonds is 4. The van der Waals surface area contributed by atoms with Gasteiger partial charge in [0.2, 0.25) is 0 Å². The van der Waals surface area contributed by atoms with Crippen LogP contribution in [0.5, 0.6) is 0 Å². The minimum absolute atomic E-state index is 0.0499. The van der Waals surface area contributed by atoms with Crippen LogP contribution in [0.1, 0.15) is 41.0 Å². The zero-order valence-corrected chi connectivity index (χ0v) is 18.9. The number of aryl methyl sites for hydroxylation is 2. The molecular formula is C26H26ClNO2S. The summed E-state index contributed by atoms with van der Waals surface area (Å²) in [6.07, 6.45) is 3.84. The van der Waals surface area contributed by atoms with Crippen molar-refractivity contribution in [2.45, 2.75) is 48.6 Å². The first kappa shape index (κ1) is 20.9. The lowest BCUT2D eigenvalue weighted by Gasteiger charge is -2.36. The molecule has 0 saturated carbocycles. The lowest BCUT2D eigenvalue weighted by molar-refractivity contribution is -0.00379. The first-order valence-electron chi connectivity index (χ1n) is 10.9. The molecule has 1 heterocycles. The van der Waals surface area contributed by atoms with Gasteiger partial charge in [-0.2, -0.15) is 0 Å². The molecule has 3 nitrogen and oxygen atoms in total. The van der Waals surface area contributed by atoms with Crippen molar-refractivity contribution in [2.75, 3.05) is 6.61 Å². The highest BCUT2D eigenvalue weighted by Crippen LogP contribution is 2.40. The number of benzene rings is 3. The molecule has 31 heavy (non-hydrogen) atoms. The van der Waals surface area contributed by atoms with E-state index >= 15 is 0 Å². The van der Waals surface area contributed by atoms with Crippen LogP contribution in [0, 0.1) is 0 Å². The average Bonchev–Trinajstić information content (AvgIpc) is 2.96. The van der Waals surface area contributed by atoms with E-state index in [0.717, 1.165) is 30.6 Å². The van der Waals surface area contributed by atoms with Gasteiger partial charge < -0.3 is 4.74 Å². The molecule has 0 spiro atoms. The van der Waals surface area contributed by atoms with Crippen molar-refractivity contribution in [1.29, 1.82) is 0 Å². The molecule has 3 unspecified atom stereocenters. The first-order chi connectivity index (χ1) is 15.2. The van der Waals surface area contributed by atoms with Crippen LogP contribution in [0.2, 0.25) is 5.02 Å². The fourth-order valence-electron chi connectivity index (χ4n) is 4.91. The van der Waals surface area contributed by atoms with Gasteiger partial charge in [0.05, 0.1) is 11.0 Å². The smallest absolute Gasteiger partial charge is 0.125 e. The molecule has 5 heteroatoms. The van der Waals surface area contributed by atoms with Gasteiger partial charge in [0.25, 0.3) is 0 Å². The summed E-state index contributed by atoms with van der Waals surface area (Å²) in [5.41, 5.74) is 5.56. The number of ether oxygens (including phenoxy) is 1. The van der Waals surface area contributed by atoms with Crippen LogP contribution in [0.3, 0.4) is 0 Å². The Labute approximate surface area is 191 Å². The summed E-state index contributed by atoms with van der Waals surface area (Å²) >= 11 is 5.97. The molecule has 1 saturated heterocycles. The molecule has 3 atom stereocenters. The molecule has 0 aromatic heterocycles. The van der Waals surface area contributed by atoms with Crippen LogP contribution in [0.15, 0.2) is 77.7 Å². The summed E-state index contributed by atoms with van der Waals surface area (Å²) in [7, 11) is -1.27. The van der Waals surface area contributed by atoms with Crippen LogP contribution >= 0.6 is 11.6 Å². The molecule has 3 aromatic carbocycles. The van der Waals surface area contributed by atoms with Crippen LogP contribution in [-0.2, 0) is 28.6 Å². The van der Waals surface area contributed by atoms with Crippen molar-refractivity contribution >= 4 is 22.6 Å². The predicted molar refractivity (Wildman–Crippen MR) is 126 cm³/mol. The third-order valence-electron chi connectivity index (χ3n) is 6.43. The van der Waals surface area contributed by atoms with E-state index in [2.05, 4.69) is 53.3 Å². The average molecular weight is 452 g/mol. The molecule has 1 aliphatic carbocycles. The Balaban J connectivity index is 1.41. The van der Waals surface area contributed by atoms with E-state index in [4.69, 9.17) is 16.3 Å². The Morgan fingerprint density at radius 3 is 2.13 bits per heavy atom. The minimum Gasteiger partial charge on any atom is -0.377 e. The van der Waals surface area contributed by atoms with Gasteiger partial charge in [0.1, 0.15) is 11.0 Å². The number of hydrogen-bond acceptors (Lipinski definition) is 2. The molecule has 160 valence electrons.